The van der Waals surface area contributed by atoms with Crippen molar-refractivity contribution in [1.29, 1.82) is 0 Å². The third kappa shape index (κ3) is 5.88. The molecule has 3 aromatic rings. The van der Waals surface area contributed by atoms with Crippen LogP contribution in [0.15, 0.2) is 60.8 Å². The normalized spacial score (nSPS) is 10.9. The second-order valence-corrected chi connectivity index (χ2v) is 6.67. The van der Waals surface area contributed by atoms with Crippen molar-refractivity contribution in [3.63, 3.8) is 0 Å². The summed E-state index contributed by atoms with van der Waals surface area (Å²) in [5, 5.41) is 4.35. The molecule has 3 rings (SSSR count). The van der Waals surface area contributed by atoms with Crippen LogP contribution in [0, 0.1) is 0 Å². The number of rotatable bonds is 5. The number of pyridine rings is 1. The number of aromatic nitrogens is 1. The quantitative estimate of drug-likeness (QED) is 0.453. The van der Waals surface area contributed by atoms with Crippen LogP contribution in [-0.2, 0) is 10.9 Å². The van der Waals surface area contributed by atoms with Crippen molar-refractivity contribution in [1.82, 2.24) is 4.98 Å². The zero-order valence-electron chi connectivity index (χ0n) is 16.4. The average Bonchev–Trinajstić information content (AvgIpc) is 2.75. The van der Waals surface area contributed by atoms with Gasteiger partial charge >= 0.3 is 18.2 Å². The fourth-order valence-electron chi connectivity index (χ4n) is 2.55. The highest BCUT2D eigenvalue weighted by Crippen LogP contribution is 2.36. The van der Waals surface area contributed by atoms with E-state index < -0.39 is 28.8 Å². The SMILES string of the molecule is COC(=O)c1cc(Oc2ccc(NC(=O)Nc3ccc(Cl)c(C(F)(F)F)c3)cc2)ccn1. The summed E-state index contributed by atoms with van der Waals surface area (Å²) in [7, 11) is 1.24. The highest BCUT2D eigenvalue weighted by molar-refractivity contribution is 6.31. The van der Waals surface area contributed by atoms with Crippen molar-refractivity contribution in [2.24, 2.45) is 0 Å². The zero-order chi connectivity index (χ0) is 23.3. The number of hydrogen-bond donors (Lipinski definition) is 2. The van der Waals surface area contributed by atoms with E-state index in [1.54, 1.807) is 18.2 Å². The molecule has 0 aliphatic rings. The molecule has 0 fully saturated rings. The Morgan fingerprint density at radius 3 is 2.25 bits per heavy atom. The lowest BCUT2D eigenvalue weighted by Gasteiger charge is -2.12. The average molecular weight is 466 g/mol. The minimum Gasteiger partial charge on any atom is -0.464 e. The molecule has 0 atom stereocenters. The smallest absolute Gasteiger partial charge is 0.417 e. The molecule has 0 saturated heterocycles. The maximum absolute atomic E-state index is 12.9. The van der Waals surface area contributed by atoms with Gasteiger partial charge in [0.05, 0.1) is 17.7 Å². The number of nitrogens with one attached hydrogen (secondary N) is 2. The molecule has 166 valence electrons. The largest absolute Gasteiger partial charge is 0.464 e. The van der Waals surface area contributed by atoms with Crippen molar-refractivity contribution in [3.05, 3.63) is 77.1 Å². The first-order chi connectivity index (χ1) is 15.2. The fraction of sp³-hybridized carbons (Fsp3) is 0.0952. The number of nitrogens with zero attached hydrogens (tertiary/aromatic N) is 1. The van der Waals surface area contributed by atoms with E-state index in [-0.39, 0.29) is 11.4 Å². The first kappa shape index (κ1) is 22.9. The lowest BCUT2D eigenvalue weighted by molar-refractivity contribution is -0.137. The van der Waals surface area contributed by atoms with E-state index in [9.17, 15) is 22.8 Å². The van der Waals surface area contributed by atoms with Crippen LogP contribution in [0.2, 0.25) is 5.02 Å². The molecule has 7 nitrogen and oxygen atoms in total. The third-order valence-electron chi connectivity index (χ3n) is 4.00. The number of amides is 2. The Balaban J connectivity index is 1.62. The number of esters is 1. The molecule has 0 bridgehead atoms. The summed E-state index contributed by atoms with van der Waals surface area (Å²) in [5.74, 6) is 0.150. The van der Waals surface area contributed by atoms with Crippen molar-refractivity contribution < 1.29 is 32.2 Å². The van der Waals surface area contributed by atoms with Crippen molar-refractivity contribution in [2.45, 2.75) is 6.18 Å². The number of benzene rings is 2. The lowest BCUT2D eigenvalue weighted by Crippen LogP contribution is -2.19. The number of carbonyl (C=O) groups excluding carboxylic acids is 2. The van der Waals surface area contributed by atoms with Crippen molar-refractivity contribution in [3.8, 4) is 11.5 Å². The van der Waals surface area contributed by atoms with Gasteiger partial charge in [-0.2, -0.15) is 13.2 Å². The Hall–Kier alpha value is -3.79. The molecule has 0 aliphatic heterocycles. The van der Waals surface area contributed by atoms with E-state index in [0.717, 1.165) is 12.1 Å². The number of alkyl halides is 3. The molecule has 32 heavy (non-hydrogen) atoms. The van der Waals surface area contributed by atoms with Gasteiger partial charge in [0, 0.05) is 23.6 Å². The van der Waals surface area contributed by atoms with Gasteiger partial charge in [-0.05, 0) is 48.5 Å². The van der Waals surface area contributed by atoms with Gasteiger partial charge in [0.2, 0.25) is 0 Å². The minimum atomic E-state index is -4.65. The molecule has 11 heteroatoms. The number of halogens is 4. The summed E-state index contributed by atoms with van der Waals surface area (Å²) in [4.78, 5) is 27.5. The Morgan fingerprint density at radius 1 is 0.938 bits per heavy atom. The number of ether oxygens (including phenoxy) is 2. The van der Waals surface area contributed by atoms with E-state index in [4.69, 9.17) is 16.3 Å². The van der Waals surface area contributed by atoms with E-state index >= 15 is 0 Å². The van der Waals surface area contributed by atoms with E-state index in [1.807, 2.05) is 0 Å². The van der Waals surface area contributed by atoms with E-state index in [2.05, 4.69) is 20.4 Å². The van der Waals surface area contributed by atoms with Gasteiger partial charge in [0.15, 0.2) is 5.69 Å². The van der Waals surface area contributed by atoms with Crippen LogP contribution in [-0.4, -0.2) is 24.1 Å². The van der Waals surface area contributed by atoms with Crippen LogP contribution >= 0.6 is 11.6 Å². The van der Waals surface area contributed by atoms with Crippen LogP contribution in [0.1, 0.15) is 16.1 Å². The molecular weight excluding hydrogens is 451 g/mol. The van der Waals surface area contributed by atoms with Crippen LogP contribution in [0.25, 0.3) is 0 Å². The molecule has 2 aromatic carbocycles. The predicted molar refractivity (Wildman–Crippen MR) is 111 cm³/mol. The number of urea groups is 1. The van der Waals surface area contributed by atoms with Gasteiger partial charge in [-0.25, -0.2) is 14.6 Å². The third-order valence-corrected chi connectivity index (χ3v) is 4.33. The van der Waals surface area contributed by atoms with Crippen molar-refractivity contribution >= 4 is 35.0 Å². The second-order valence-electron chi connectivity index (χ2n) is 6.27. The molecule has 0 unspecified atom stereocenters. The summed E-state index contributed by atoms with van der Waals surface area (Å²) in [5.41, 5.74) is -0.677. The monoisotopic (exact) mass is 465 g/mol. The van der Waals surface area contributed by atoms with E-state index in [0.29, 0.717) is 17.2 Å². The topological polar surface area (TPSA) is 89.5 Å². The maximum atomic E-state index is 12.9. The van der Waals surface area contributed by atoms with Crippen molar-refractivity contribution in [2.75, 3.05) is 17.7 Å². The van der Waals surface area contributed by atoms with Crippen LogP contribution < -0.4 is 15.4 Å². The summed E-state index contributed by atoms with van der Waals surface area (Å²) >= 11 is 5.56. The Labute approximate surface area is 185 Å². The lowest BCUT2D eigenvalue weighted by atomic mass is 10.2. The summed E-state index contributed by atoms with van der Waals surface area (Å²) in [6.45, 7) is 0. The molecule has 2 N–H and O–H groups in total. The van der Waals surface area contributed by atoms with Gasteiger partial charge in [0.1, 0.15) is 11.5 Å². The number of carbonyl (C=O) groups is 2. The van der Waals surface area contributed by atoms with Gasteiger partial charge in [0.25, 0.3) is 0 Å². The highest BCUT2D eigenvalue weighted by Gasteiger charge is 2.33. The van der Waals surface area contributed by atoms with Gasteiger partial charge in [-0.3, -0.25) is 0 Å². The van der Waals surface area contributed by atoms with Gasteiger partial charge in [-0.1, -0.05) is 11.6 Å². The summed E-state index contributed by atoms with van der Waals surface area (Å²) in [6, 6.07) is 11.4. The first-order valence-electron chi connectivity index (χ1n) is 8.93. The molecule has 0 aliphatic carbocycles. The van der Waals surface area contributed by atoms with Crippen LogP contribution in [0.4, 0.5) is 29.3 Å². The Kier molecular flexibility index (Phi) is 6.84. The fourth-order valence-corrected chi connectivity index (χ4v) is 2.77. The summed E-state index contributed by atoms with van der Waals surface area (Å²) < 4.78 is 49.0. The Morgan fingerprint density at radius 2 is 1.59 bits per heavy atom. The van der Waals surface area contributed by atoms with Crippen LogP contribution in [0.3, 0.4) is 0 Å². The first-order valence-corrected chi connectivity index (χ1v) is 9.30. The van der Waals surface area contributed by atoms with Crippen LogP contribution in [0.5, 0.6) is 11.5 Å². The zero-order valence-corrected chi connectivity index (χ0v) is 17.1. The molecular formula is C21H15ClF3N3O4. The van der Waals surface area contributed by atoms with Gasteiger partial charge in [-0.15, -0.1) is 0 Å². The van der Waals surface area contributed by atoms with E-state index in [1.165, 1.54) is 37.6 Å². The molecule has 1 heterocycles. The molecule has 0 spiro atoms. The summed E-state index contributed by atoms with van der Waals surface area (Å²) in [6.07, 6.45) is -3.25. The molecule has 1 aromatic heterocycles. The highest BCUT2D eigenvalue weighted by atomic mass is 35.5. The molecule has 0 radical (unpaired) electrons. The minimum absolute atomic E-state index is 0.0710. The Bertz CT molecular complexity index is 1140. The molecule has 2 amide bonds. The molecule has 0 saturated carbocycles. The number of anilines is 2. The maximum Gasteiger partial charge on any atom is 0.417 e. The predicted octanol–water partition coefficient (Wildman–Crippen LogP) is 5.98. The standard InChI is InChI=1S/C21H15ClF3N3O4/c1-31-19(29)18-11-15(8-9-26-18)32-14-5-2-12(3-6-14)27-20(30)28-13-4-7-17(22)16(10-13)21(23,24)25/h2-11H,1H3,(H2,27,28,30). The van der Waals surface area contributed by atoms with Gasteiger partial charge < -0.3 is 20.1 Å². The number of hydrogen-bond acceptors (Lipinski definition) is 5. The second kappa shape index (κ2) is 9.56. The number of methoxy groups -OCH3 is 1.